The molecular weight excluding hydrogens is 566 g/mol. The third-order valence-corrected chi connectivity index (χ3v) is 6.43. The van der Waals surface area contributed by atoms with E-state index in [0.717, 1.165) is 17.8 Å². The van der Waals surface area contributed by atoms with Crippen LogP contribution in [0.2, 0.25) is 0 Å². The summed E-state index contributed by atoms with van der Waals surface area (Å²) in [7, 11) is 4.94. The molecule has 3 aromatic rings. The van der Waals surface area contributed by atoms with Gasteiger partial charge in [0.15, 0.2) is 17.4 Å². The van der Waals surface area contributed by atoms with Crippen LogP contribution >= 0.6 is 0 Å². The van der Waals surface area contributed by atoms with Gasteiger partial charge in [-0.15, -0.1) is 0 Å². The zero-order chi connectivity index (χ0) is 31.1. The standard InChI is InChI=1S/C30H30F2N4O7/c1-36(2)18-5-4-6-19(12-18)43-26-13-20-24(35-30(40)23(34-29(20)39)9-10-28(38)41-3)14-25(26)33-27(37)16-42-15-17-7-8-21(31)22(32)11-17/h4-8,11-14,23H,9-10,15-16H2,1-3H3,(H,33,37)(H,34,39)(H,35,40)/t23-/m1/s1. The first-order valence-electron chi connectivity index (χ1n) is 13.2. The maximum absolute atomic E-state index is 13.5. The first-order chi connectivity index (χ1) is 20.5. The highest BCUT2D eigenvalue weighted by atomic mass is 19.2. The summed E-state index contributed by atoms with van der Waals surface area (Å²) in [6, 6.07) is 12.1. The van der Waals surface area contributed by atoms with E-state index in [9.17, 15) is 28.0 Å². The van der Waals surface area contributed by atoms with Gasteiger partial charge in [-0.05, 0) is 48.4 Å². The van der Waals surface area contributed by atoms with Crippen LogP contribution in [0, 0.1) is 11.6 Å². The van der Waals surface area contributed by atoms with Crippen molar-refractivity contribution >= 4 is 40.8 Å². The van der Waals surface area contributed by atoms with Crippen molar-refractivity contribution in [3.8, 4) is 11.5 Å². The molecule has 0 aliphatic carbocycles. The Hall–Kier alpha value is -5.04. The predicted molar refractivity (Wildman–Crippen MR) is 153 cm³/mol. The van der Waals surface area contributed by atoms with E-state index in [4.69, 9.17) is 9.47 Å². The smallest absolute Gasteiger partial charge is 0.305 e. The summed E-state index contributed by atoms with van der Waals surface area (Å²) >= 11 is 0. The van der Waals surface area contributed by atoms with Gasteiger partial charge in [0.2, 0.25) is 11.8 Å². The fourth-order valence-electron chi connectivity index (χ4n) is 4.17. The number of ether oxygens (including phenoxy) is 3. The van der Waals surface area contributed by atoms with Gasteiger partial charge in [0.05, 0.1) is 30.7 Å². The van der Waals surface area contributed by atoms with Crippen LogP contribution in [0.15, 0.2) is 54.6 Å². The van der Waals surface area contributed by atoms with Gasteiger partial charge in [0.25, 0.3) is 5.91 Å². The molecule has 0 saturated heterocycles. The van der Waals surface area contributed by atoms with E-state index in [2.05, 4.69) is 20.7 Å². The number of nitrogens with one attached hydrogen (secondary N) is 3. The monoisotopic (exact) mass is 596 g/mol. The van der Waals surface area contributed by atoms with E-state index >= 15 is 0 Å². The molecule has 13 heteroatoms. The van der Waals surface area contributed by atoms with Crippen LogP contribution in [0.25, 0.3) is 0 Å². The first-order valence-corrected chi connectivity index (χ1v) is 13.2. The Balaban J connectivity index is 1.58. The molecular formula is C30H30F2N4O7. The Bertz CT molecular complexity index is 1550. The molecule has 3 aromatic carbocycles. The highest BCUT2D eigenvalue weighted by Crippen LogP contribution is 2.37. The van der Waals surface area contributed by atoms with E-state index in [-0.39, 0.29) is 42.1 Å². The zero-order valence-electron chi connectivity index (χ0n) is 23.7. The molecule has 0 unspecified atom stereocenters. The molecule has 1 atom stereocenters. The van der Waals surface area contributed by atoms with Crippen molar-refractivity contribution in [1.82, 2.24) is 5.32 Å². The molecule has 226 valence electrons. The number of anilines is 3. The minimum Gasteiger partial charge on any atom is -0.469 e. The van der Waals surface area contributed by atoms with E-state index in [1.807, 2.05) is 25.1 Å². The van der Waals surface area contributed by atoms with Crippen LogP contribution in [-0.4, -0.2) is 57.5 Å². The third-order valence-electron chi connectivity index (χ3n) is 6.43. The van der Waals surface area contributed by atoms with Gasteiger partial charge in [0.1, 0.15) is 18.4 Å². The second kappa shape index (κ2) is 13.7. The van der Waals surface area contributed by atoms with Crippen LogP contribution in [0.3, 0.4) is 0 Å². The number of hydrogen-bond acceptors (Lipinski definition) is 8. The molecule has 0 aromatic heterocycles. The van der Waals surface area contributed by atoms with Gasteiger partial charge in [-0.25, -0.2) is 8.78 Å². The zero-order valence-corrected chi connectivity index (χ0v) is 23.7. The van der Waals surface area contributed by atoms with Gasteiger partial charge in [0, 0.05) is 32.3 Å². The fraction of sp³-hybridized carbons (Fsp3) is 0.267. The number of amides is 3. The molecule has 0 radical (unpaired) electrons. The summed E-state index contributed by atoms with van der Waals surface area (Å²) in [4.78, 5) is 52.3. The van der Waals surface area contributed by atoms with Gasteiger partial charge >= 0.3 is 5.97 Å². The van der Waals surface area contributed by atoms with E-state index in [1.54, 1.807) is 18.2 Å². The van der Waals surface area contributed by atoms with Crippen LogP contribution in [0.5, 0.6) is 11.5 Å². The molecule has 3 amide bonds. The third kappa shape index (κ3) is 8.04. The maximum Gasteiger partial charge on any atom is 0.305 e. The average Bonchev–Trinajstić information content (AvgIpc) is 3.08. The second-order valence-electron chi connectivity index (χ2n) is 9.81. The number of carbonyl (C=O) groups excluding carboxylic acids is 4. The first kappa shape index (κ1) is 30.9. The Morgan fingerprint density at radius 1 is 1.02 bits per heavy atom. The number of hydrogen-bond donors (Lipinski definition) is 3. The number of rotatable bonds is 11. The lowest BCUT2D eigenvalue weighted by molar-refractivity contribution is -0.140. The molecule has 3 N–H and O–H groups in total. The number of esters is 1. The number of nitrogens with zero attached hydrogens (tertiary/aromatic N) is 1. The Labute approximate surface area is 246 Å². The van der Waals surface area contributed by atoms with Crippen LogP contribution in [-0.2, 0) is 30.5 Å². The van der Waals surface area contributed by atoms with Crippen molar-refractivity contribution in [3.05, 3.63) is 77.4 Å². The summed E-state index contributed by atoms with van der Waals surface area (Å²) in [5.41, 5.74) is 1.46. The minimum atomic E-state index is -1.03. The molecule has 43 heavy (non-hydrogen) atoms. The normalized spacial score (nSPS) is 14.1. The Morgan fingerprint density at radius 2 is 1.81 bits per heavy atom. The summed E-state index contributed by atoms with van der Waals surface area (Å²) in [6.07, 6.45) is -0.0779. The second-order valence-corrected chi connectivity index (χ2v) is 9.81. The summed E-state index contributed by atoms with van der Waals surface area (Å²) in [6.45, 7) is -0.604. The SMILES string of the molecule is COC(=O)CC[C@H]1NC(=O)c2cc(Oc3cccc(N(C)C)c3)c(NC(=O)COCc3ccc(F)c(F)c3)cc2NC1=O. The Kier molecular flexibility index (Phi) is 9.88. The molecule has 0 fully saturated rings. The van der Waals surface area contributed by atoms with Crippen molar-refractivity contribution in [2.24, 2.45) is 0 Å². The van der Waals surface area contributed by atoms with Gasteiger partial charge in [-0.1, -0.05) is 12.1 Å². The summed E-state index contributed by atoms with van der Waals surface area (Å²) in [5, 5.41) is 7.93. The lowest BCUT2D eigenvalue weighted by Gasteiger charge is -2.18. The molecule has 1 aliphatic rings. The molecule has 0 saturated carbocycles. The van der Waals surface area contributed by atoms with Crippen molar-refractivity contribution in [2.75, 3.05) is 43.3 Å². The van der Waals surface area contributed by atoms with Gasteiger partial charge in [-0.3, -0.25) is 19.2 Å². The molecule has 4 rings (SSSR count). The largest absolute Gasteiger partial charge is 0.469 e. The molecule has 1 heterocycles. The summed E-state index contributed by atoms with van der Waals surface area (Å²) < 4.78 is 42.7. The summed E-state index contributed by atoms with van der Waals surface area (Å²) in [5.74, 6) is -3.83. The molecule has 0 bridgehead atoms. The fourth-order valence-corrected chi connectivity index (χ4v) is 4.17. The van der Waals surface area contributed by atoms with Crippen molar-refractivity contribution < 1.29 is 42.2 Å². The average molecular weight is 597 g/mol. The van der Waals surface area contributed by atoms with Crippen LogP contribution in [0.1, 0.15) is 28.8 Å². The number of halogens is 2. The van der Waals surface area contributed by atoms with E-state index in [1.165, 1.54) is 25.3 Å². The molecule has 11 nitrogen and oxygen atoms in total. The number of fused-ring (bicyclic) bond motifs is 1. The molecule has 0 spiro atoms. The van der Waals surface area contributed by atoms with Crippen LogP contribution in [0.4, 0.5) is 25.8 Å². The highest BCUT2D eigenvalue weighted by Gasteiger charge is 2.30. The van der Waals surface area contributed by atoms with Crippen molar-refractivity contribution in [3.63, 3.8) is 0 Å². The highest BCUT2D eigenvalue weighted by molar-refractivity contribution is 6.11. The van der Waals surface area contributed by atoms with E-state index in [0.29, 0.717) is 11.3 Å². The van der Waals surface area contributed by atoms with E-state index < -0.39 is 48.0 Å². The number of methoxy groups -OCH3 is 1. The predicted octanol–water partition coefficient (Wildman–Crippen LogP) is 3.98. The lowest BCUT2D eigenvalue weighted by atomic mass is 10.1. The minimum absolute atomic E-state index is 0.0117. The lowest BCUT2D eigenvalue weighted by Crippen LogP contribution is -2.41. The quantitative estimate of drug-likeness (QED) is 0.283. The number of carbonyl (C=O) groups is 4. The van der Waals surface area contributed by atoms with Crippen LogP contribution < -0.4 is 25.6 Å². The van der Waals surface area contributed by atoms with Crippen molar-refractivity contribution in [1.29, 1.82) is 0 Å². The van der Waals surface area contributed by atoms with Gasteiger partial charge in [-0.2, -0.15) is 0 Å². The topological polar surface area (TPSA) is 135 Å². The Morgan fingerprint density at radius 3 is 2.53 bits per heavy atom. The maximum atomic E-state index is 13.5. The van der Waals surface area contributed by atoms with Crippen molar-refractivity contribution in [2.45, 2.75) is 25.5 Å². The molecule has 1 aliphatic heterocycles. The van der Waals surface area contributed by atoms with Gasteiger partial charge < -0.3 is 35.1 Å². The number of benzene rings is 3.